The smallest absolute Gasteiger partial charge is 0.119 e. The van der Waals surface area contributed by atoms with E-state index in [0.717, 1.165) is 11.1 Å². The van der Waals surface area contributed by atoms with Crippen molar-refractivity contribution in [3.63, 3.8) is 0 Å². The molecule has 0 aliphatic carbocycles. The summed E-state index contributed by atoms with van der Waals surface area (Å²) in [6.07, 6.45) is 1.17. The Kier molecular flexibility index (Phi) is 5.27. The maximum Gasteiger partial charge on any atom is 0.119 e. The minimum atomic E-state index is 0.201. The van der Waals surface area contributed by atoms with Crippen LogP contribution in [-0.4, -0.2) is 11.9 Å². The van der Waals surface area contributed by atoms with Gasteiger partial charge in [-0.05, 0) is 34.9 Å². The third-order valence-electron chi connectivity index (χ3n) is 2.95. The zero-order valence-corrected chi connectivity index (χ0v) is 13.8. The Morgan fingerprint density at radius 2 is 1.56 bits per heavy atom. The lowest BCUT2D eigenvalue weighted by Crippen LogP contribution is -2.24. The SMILES string of the molecule is CC(C)(C)CC(C)(C)c1ccc(OCCBr)cc1. The highest BCUT2D eigenvalue weighted by atomic mass is 79.9. The summed E-state index contributed by atoms with van der Waals surface area (Å²) >= 11 is 3.36. The van der Waals surface area contributed by atoms with Crippen LogP contribution in [0.5, 0.6) is 5.75 Å². The molecule has 0 radical (unpaired) electrons. The Hall–Kier alpha value is -0.500. The molecule has 0 aromatic heterocycles. The predicted octanol–water partition coefficient (Wildman–Crippen LogP) is 5.17. The molecular formula is C16H25BrO. The minimum Gasteiger partial charge on any atom is -0.493 e. The monoisotopic (exact) mass is 312 g/mol. The first-order chi connectivity index (χ1) is 8.24. The van der Waals surface area contributed by atoms with Crippen molar-refractivity contribution in [2.45, 2.75) is 46.5 Å². The van der Waals surface area contributed by atoms with Gasteiger partial charge >= 0.3 is 0 Å². The number of hydrogen-bond acceptors (Lipinski definition) is 1. The van der Waals surface area contributed by atoms with Crippen molar-refractivity contribution in [2.75, 3.05) is 11.9 Å². The summed E-state index contributed by atoms with van der Waals surface area (Å²) in [5.41, 5.74) is 1.92. The number of halogens is 1. The molecular weight excluding hydrogens is 288 g/mol. The van der Waals surface area contributed by atoms with E-state index in [-0.39, 0.29) is 5.41 Å². The van der Waals surface area contributed by atoms with Crippen LogP contribution in [0.3, 0.4) is 0 Å². The maximum absolute atomic E-state index is 5.58. The summed E-state index contributed by atoms with van der Waals surface area (Å²) in [6.45, 7) is 12.2. The van der Waals surface area contributed by atoms with Gasteiger partial charge in [-0.2, -0.15) is 0 Å². The van der Waals surface area contributed by atoms with Crippen LogP contribution in [0.4, 0.5) is 0 Å². The largest absolute Gasteiger partial charge is 0.493 e. The molecule has 0 N–H and O–H groups in total. The molecule has 0 spiro atoms. The van der Waals surface area contributed by atoms with Gasteiger partial charge in [0.25, 0.3) is 0 Å². The Bertz CT molecular complexity index is 360. The molecule has 0 bridgehead atoms. The van der Waals surface area contributed by atoms with E-state index in [1.165, 1.54) is 12.0 Å². The molecule has 0 fully saturated rings. The number of rotatable bonds is 5. The van der Waals surface area contributed by atoms with Crippen molar-refractivity contribution in [3.8, 4) is 5.75 Å². The summed E-state index contributed by atoms with van der Waals surface area (Å²) in [5, 5.41) is 0.865. The Labute approximate surface area is 120 Å². The lowest BCUT2D eigenvalue weighted by atomic mass is 9.72. The van der Waals surface area contributed by atoms with Crippen LogP contribution < -0.4 is 4.74 Å². The van der Waals surface area contributed by atoms with Gasteiger partial charge in [0.2, 0.25) is 0 Å². The zero-order chi connectivity index (χ0) is 13.8. The van der Waals surface area contributed by atoms with Gasteiger partial charge in [-0.3, -0.25) is 0 Å². The molecule has 0 aliphatic heterocycles. The maximum atomic E-state index is 5.58. The molecule has 18 heavy (non-hydrogen) atoms. The van der Waals surface area contributed by atoms with Crippen LogP contribution in [0.15, 0.2) is 24.3 Å². The molecule has 0 aliphatic rings. The molecule has 1 nitrogen and oxygen atoms in total. The molecule has 1 aromatic carbocycles. The second kappa shape index (κ2) is 6.10. The van der Waals surface area contributed by atoms with Crippen LogP contribution in [0, 0.1) is 5.41 Å². The van der Waals surface area contributed by atoms with Crippen LogP contribution in [0.1, 0.15) is 46.6 Å². The Balaban J connectivity index is 2.77. The molecule has 1 aromatic rings. The van der Waals surface area contributed by atoms with E-state index in [9.17, 15) is 0 Å². The van der Waals surface area contributed by atoms with Gasteiger partial charge in [0, 0.05) is 5.33 Å². The quantitative estimate of drug-likeness (QED) is 0.681. The summed E-state index contributed by atoms with van der Waals surface area (Å²) in [6, 6.07) is 8.52. The zero-order valence-electron chi connectivity index (χ0n) is 12.2. The minimum absolute atomic E-state index is 0.201. The standard InChI is InChI=1S/C16H25BrO/c1-15(2,3)12-16(4,5)13-6-8-14(9-7-13)18-11-10-17/h6-9H,10-12H2,1-5H3. The normalized spacial score (nSPS) is 12.6. The fourth-order valence-corrected chi connectivity index (χ4v) is 2.75. The number of ether oxygens (including phenoxy) is 1. The van der Waals surface area contributed by atoms with Crippen molar-refractivity contribution in [3.05, 3.63) is 29.8 Å². The molecule has 2 heteroatoms. The van der Waals surface area contributed by atoms with E-state index in [2.05, 4.69) is 74.8 Å². The molecule has 0 heterocycles. The van der Waals surface area contributed by atoms with Crippen molar-refractivity contribution in [1.29, 1.82) is 0 Å². The van der Waals surface area contributed by atoms with E-state index in [1.54, 1.807) is 0 Å². The molecule has 1 rings (SSSR count). The molecule has 0 unspecified atom stereocenters. The van der Waals surface area contributed by atoms with E-state index in [1.807, 2.05) is 0 Å². The first kappa shape index (κ1) is 15.6. The predicted molar refractivity (Wildman–Crippen MR) is 82.8 cm³/mol. The van der Waals surface area contributed by atoms with E-state index >= 15 is 0 Å². The van der Waals surface area contributed by atoms with E-state index in [0.29, 0.717) is 12.0 Å². The summed E-state index contributed by atoms with van der Waals surface area (Å²) in [7, 11) is 0. The average molecular weight is 313 g/mol. The van der Waals surface area contributed by atoms with Gasteiger partial charge in [-0.25, -0.2) is 0 Å². The average Bonchev–Trinajstić information content (AvgIpc) is 2.23. The number of benzene rings is 1. The van der Waals surface area contributed by atoms with Gasteiger partial charge in [0.05, 0.1) is 6.61 Å². The topological polar surface area (TPSA) is 9.23 Å². The van der Waals surface area contributed by atoms with Gasteiger partial charge < -0.3 is 4.74 Å². The number of hydrogen-bond donors (Lipinski definition) is 0. The lowest BCUT2D eigenvalue weighted by Gasteiger charge is -2.33. The molecule has 0 atom stereocenters. The van der Waals surface area contributed by atoms with Crippen molar-refractivity contribution in [1.82, 2.24) is 0 Å². The van der Waals surface area contributed by atoms with Crippen LogP contribution >= 0.6 is 15.9 Å². The van der Waals surface area contributed by atoms with Crippen molar-refractivity contribution in [2.24, 2.45) is 5.41 Å². The van der Waals surface area contributed by atoms with Gasteiger partial charge in [-0.1, -0.05) is 62.7 Å². The van der Waals surface area contributed by atoms with Gasteiger partial charge in [0.1, 0.15) is 5.75 Å². The summed E-state index contributed by atoms with van der Waals surface area (Å²) in [4.78, 5) is 0. The Morgan fingerprint density at radius 1 is 1.00 bits per heavy atom. The van der Waals surface area contributed by atoms with Crippen molar-refractivity contribution >= 4 is 15.9 Å². The second-order valence-electron chi connectivity index (χ2n) is 6.68. The lowest BCUT2D eigenvalue weighted by molar-refractivity contribution is 0.284. The number of alkyl halides is 1. The molecule has 0 saturated carbocycles. The second-order valence-corrected chi connectivity index (χ2v) is 7.48. The fourth-order valence-electron chi connectivity index (χ4n) is 2.59. The Morgan fingerprint density at radius 3 is 2.00 bits per heavy atom. The third-order valence-corrected chi connectivity index (χ3v) is 3.28. The summed E-state index contributed by atoms with van der Waals surface area (Å²) < 4.78 is 5.58. The highest BCUT2D eigenvalue weighted by molar-refractivity contribution is 9.09. The van der Waals surface area contributed by atoms with Crippen LogP contribution in [0.2, 0.25) is 0 Å². The van der Waals surface area contributed by atoms with Crippen molar-refractivity contribution < 1.29 is 4.74 Å². The first-order valence-electron chi connectivity index (χ1n) is 6.54. The molecule has 0 amide bonds. The fraction of sp³-hybridized carbons (Fsp3) is 0.625. The highest BCUT2D eigenvalue weighted by Crippen LogP contribution is 2.36. The summed E-state index contributed by atoms with van der Waals surface area (Å²) in [5.74, 6) is 0.949. The third kappa shape index (κ3) is 5.01. The highest BCUT2D eigenvalue weighted by Gasteiger charge is 2.27. The molecule has 102 valence electrons. The van der Waals surface area contributed by atoms with Crippen LogP contribution in [0.25, 0.3) is 0 Å². The van der Waals surface area contributed by atoms with Gasteiger partial charge in [0.15, 0.2) is 0 Å². The van der Waals surface area contributed by atoms with E-state index < -0.39 is 0 Å². The van der Waals surface area contributed by atoms with Crippen LogP contribution in [-0.2, 0) is 5.41 Å². The first-order valence-corrected chi connectivity index (χ1v) is 7.66. The van der Waals surface area contributed by atoms with E-state index in [4.69, 9.17) is 4.74 Å². The van der Waals surface area contributed by atoms with Gasteiger partial charge in [-0.15, -0.1) is 0 Å². The molecule has 0 saturated heterocycles.